The third-order valence-corrected chi connectivity index (χ3v) is 6.08. The van der Waals surface area contributed by atoms with Gasteiger partial charge in [0, 0.05) is 46.6 Å². The van der Waals surface area contributed by atoms with Crippen LogP contribution < -0.4 is 4.74 Å². The number of carbonyl (C=O) groups excluding carboxylic acids is 1. The van der Waals surface area contributed by atoms with Crippen molar-refractivity contribution in [3.63, 3.8) is 0 Å². The lowest BCUT2D eigenvalue weighted by Crippen LogP contribution is -2.26. The second kappa shape index (κ2) is 9.24. The normalized spacial score (nSPS) is 12.2. The highest BCUT2D eigenvalue weighted by molar-refractivity contribution is 7.13. The van der Waals surface area contributed by atoms with Crippen molar-refractivity contribution in [3.8, 4) is 16.2 Å². The van der Waals surface area contributed by atoms with Crippen LogP contribution in [0, 0.1) is 11.6 Å². The van der Waals surface area contributed by atoms with Crippen LogP contribution in [0.2, 0.25) is 0 Å². The summed E-state index contributed by atoms with van der Waals surface area (Å²) in [5.41, 5.74) is 2.08. The summed E-state index contributed by atoms with van der Waals surface area (Å²) in [5, 5.41) is 18.8. The standard InChI is InChI=1S/C23H22F2N4O3S/c1-4-32-18-6-13(5-17(25)20(18)19-7-15(24)11-33-19)23(31)29(3)10-14-8-26-21(12(2)30)16-9-27-28-22(14)16/h5-9,11-12,30H,4,10H2,1-3H3,(H,27,28). The Kier molecular flexibility index (Phi) is 6.39. The van der Waals surface area contributed by atoms with E-state index in [9.17, 15) is 14.3 Å². The zero-order valence-electron chi connectivity index (χ0n) is 18.2. The lowest BCUT2D eigenvalue weighted by molar-refractivity contribution is 0.0784. The molecule has 1 unspecified atom stereocenters. The predicted molar refractivity (Wildman–Crippen MR) is 121 cm³/mol. The second-order valence-electron chi connectivity index (χ2n) is 7.56. The number of benzene rings is 1. The van der Waals surface area contributed by atoms with Crippen molar-refractivity contribution in [2.45, 2.75) is 26.5 Å². The maximum Gasteiger partial charge on any atom is 0.254 e. The number of fused-ring (bicyclic) bond motifs is 1. The lowest BCUT2D eigenvalue weighted by atomic mass is 10.1. The van der Waals surface area contributed by atoms with E-state index < -0.39 is 23.6 Å². The smallest absolute Gasteiger partial charge is 0.254 e. The van der Waals surface area contributed by atoms with E-state index in [0.717, 1.165) is 17.4 Å². The Morgan fingerprint density at radius 1 is 1.30 bits per heavy atom. The number of hydrogen-bond acceptors (Lipinski definition) is 6. The van der Waals surface area contributed by atoms with Crippen LogP contribution in [0.25, 0.3) is 21.3 Å². The number of pyridine rings is 1. The number of aromatic amines is 1. The summed E-state index contributed by atoms with van der Waals surface area (Å²) in [6.07, 6.45) is 2.38. The number of aliphatic hydroxyl groups excluding tert-OH is 1. The Labute approximate surface area is 192 Å². The summed E-state index contributed by atoms with van der Waals surface area (Å²) < 4.78 is 34.1. The highest BCUT2D eigenvalue weighted by atomic mass is 32.1. The van der Waals surface area contributed by atoms with Crippen LogP contribution in [-0.2, 0) is 6.54 Å². The first-order chi connectivity index (χ1) is 15.8. The molecule has 2 N–H and O–H groups in total. The van der Waals surface area contributed by atoms with Crippen molar-refractivity contribution < 1.29 is 23.4 Å². The number of rotatable bonds is 7. The fourth-order valence-electron chi connectivity index (χ4n) is 3.66. The molecule has 4 rings (SSSR count). The Morgan fingerprint density at radius 3 is 2.76 bits per heavy atom. The summed E-state index contributed by atoms with van der Waals surface area (Å²) >= 11 is 1.06. The topological polar surface area (TPSA) is 91.3 Å². The van der Waals surface area contributed by atoms with Gasteiger partial charge in [0.05, 0.1) is 35.7 Å². The summed E-state index contributed by atoms with van der Waals surface area (Å²) in [5.74, 6) is -1.38. The Balaban J connectivity index is 1.65. The van der Waals surface area contributed by atoms with Gasteiger partial charge in [0.2, 0.25) is 0 Å². The van der Waals surface area contributed by atoms with Gasteiger partial charge in [-0.15, -0.1) is 11.3 Å². The molecule has 0 aliphatic rings. The summed E-state index contributed by atoms with van der Waals surface area (Å²) in [6.45, 7) is 3.79. The highest BCUT2D eigenvalue weighted by Crippen LogP contribution is 2.38. The van der Waals surface area contributed by atoms with Crippen LogP contribution in [-0.4, -0.2) is 44.7 Å². The second-order valence-corrected chi connectivity index (χ2v) is 8.47. The quantitative estimate of drug-likeness (QED) is 0.407. The Morgan fingerprint density at radius 2 is 2.09 bits per heavy atom. The van der Waals surface area contributed by atoms with Crippen LogP contribution in [0.15, 0.2) is 36.0 Å². The zero-order chi connectivity index (χ0) is 23.7. The number of ether oxygens (including phenoxy) is 1. The van der Waals surface area contributed by atoms with E-state index in [-0.39, 0.29) is 30.0 Å². The molecule has 7 nitrogen and oxygen atoms in total. The van der Waals surface area contributed by atoms with Crippen molar-refractivity contribution >= 4 is 28.1 Å². The van der Waals surface area contributed by atoms with Gasteiger partial charge in [-0.1, -0.05) is 0 Å². The average molecular weight is 473 g/mol. The molecular formula is C23H22F2N4O3S. The molecule has 3 heterocycles. The number of nitrogens with zero attached hydrogens (tertiary/aromatic N) is 3. The fraction of sp³-hybridized carbons (Fsp3) is 0.261. The maximum atomic E-state index is 15.1. The molecule has 1 aromatic carbocycles. The Bertz CT molecular complexity index is 1320. The summed E-state index contributed by atoms with van der Waals surface area (Å²) in [4.78, 5) is 19.2. The number of carbonyl (C=O) groups is 1. The van der Waals surface area contributed by atoms with E-state index in [1.54, 1.807) is 33.3 Å². The molecule has 0 saturated heterocycles. The number of thiophene rings is 1. The van der Waals surface area contributed by atoms with Crippen LogP contribution >= 0.6 is 11.3 Å². The monoisotopic (exact) mass is 472 g/mol. The first-order valence-electron chi connectivity index (χ1n) is 10.2. The Hall–Kier alpha value is -3.37. The third kappa shape index (κ3) is 4.44. The molecule has 172 valence electrons. The van der Waals surface area contributed by atoms with Gasteiger partial charge in [-0.3, -0.25) is 14.9 Å². The van der Waals surface area contributed by atoms with Crippen LogP contribution in [0.3, 0.4) is 0 Å². The third-order valence-electron chi connectivity index (χ3n) is 5.16. The van der Waals surface area contributed by atoms with E-state index >= 15 is 4.39 Å². The van der Waals surface area contributed by atoms with Crippen LogP contribution in [0.1, 0.15) is 41.6 Å². The van der Waals surface area contributed by atoms with Gasteiger partial charge in [-0.25, -0.2) is 8.78 Å². The SMILES string of the molecule is CCOc1cc(C(=O)N(C)Cc2cnc(C(C)O)c3cn[nH]c23)cc(F)c1-c1cc(F)cs1. The van der Waals surface area contributed by atoms with Crippen molar-refractivity contribution in [1.29, 1.82) is 0 Å². The molecule has 3 aromatic heterocycles. The number of hydrogen-bond donors (Lipinski definition) is 2. The molecule has 0 fully saturated rings. The highest BCUT2D eigenvalue weighted by Gasteiger charge is 2.22. The molecule has 0 spiro atoms. The molecule has 1 amide bonds. The molecule has 33 heavy (non-hydrogen) atoms. The predicted octanol–water partition coefficient (Wildman–Crippen LogP) is 4.69. The van der Waals surface area contributed by atoms with Gasteiger partial charge in [0.25, 0.3) is 5.91 Å². The van der Waals surface area contributed by atoms with Crippen LogP contribution in [0.4, 0.5) is 8.78 Å². The lowest BCUT2D eigenvalue weighted by Gasteiger charge is -2.19. The summed E-state index contributed by atoms with van der Waals surface area (Å²) in [6, 6.07) is 3.84. The van der Waals surface area contributed by atoms with Gasteiger partial charge in [0.15, 0.2) is 0 Å². The number of amides is 1. The average Bonchev–Trinajstić information content (AvgIpc) is 3.42. The minimum atomic E-state index is -0.770. The van der Waals surface area contributed by atoms with Crippen molar-refractivity contribution in [2.75, 3.05) is 13.7 Å². The van der Waals surface area contributed by atoms with E-state index in [2.05, 4.69) is 15.2 Å². The van der Waals surface area contributed by atoms with Gasteiger partial charge >= 0.3 is 0 Å². The maximum absolute atomic E-state index is 15.1. The first kappa shape index (κ1) is 22.8. The van der Waals surface area contributed by atoms with E-state index in [4.69, 9.17) is 4.74 Å². The molecule has 0 radical (unpaired) electrons. The molecule has 10 heteroatoms. The fourth-order valence-corrected chi connectivity index (χ4v) is 4.47. The zero-order valence-corrected chi connectivity index (χ0v) is 19.0. The van der Waals surface area contributed by atoms with Crippen molar-refractivity contribution in [2.24, 2.45) is 0 Å². The van der Waals surface area contributed by atoms with Crippen molar-refractivity contribution in [3.05, 3.63) is 64.4 Å². The molecule has 0 aliphatic heterocycles. The molecule has 4 aromatic rings. The van der Waals surface area contributed by atoms with E-state index in [0.29, 0.717) is 27.0 Å². The molecular weight excluding hydrogens is 450 g/mol. The molecule has 0 saturated carbocycles. The van der Waals surface area contributed by atoms with E-state index in [1.165, 1.54) is 22.4 Å². The number of halogens is 2. The van der Waals surface area contributed by atoms with Gasteiger partial charge < -0.3 is 14.7 Å². The number of H-pyrrole nitrogens is 1. The number of nitrogens with one attached hydrogen (secondary N) is 1. The molecule has 1 atom stereocenters. The van der Waals surface area contributed by atoms with Gasteiger partial charge in [-0.05, 0) is 32.0 Å². The molecule has 0 aliphatic carbocycles. The minimum absolute atomic E-state index is 0.105. The minimum Gasteiger partial charge on any atom is -0.493 e. The van der Waals surface area contributed by atoms with Gasteiger partial charge in [0.1, 0.15) is 17.4 Å². The first-order valence-corrected chi connectivity index (χ1v) is 11.1. The van der Waals surface area contributed by atoms with Crippen molar-refractivity contribution in [1.82, 2.24) is 20.1 Å². The van der Waals surface area contributed by atoms with Crippen LogP contribution in [0.5, 0.6) is 5.75 Å². The largest absolute Gasteiger partial charge is 0.493 e. The molecule has 0 bridgehead atoms. The number of aliphatic hydroxyl groups is 1. The number of aromatic nitrogens is 3. The summed E-state index contributed by atoms with van der Waals surface area (Å²) in [7, 11) is 1.59. The van der Waals surface area contributed by atoms with Gasteiger partial charge in [-0.2, -0.15) is 5.10 Å². The van der Waals surface area contributed by atoms with E-state index in [1.807, 2.05) is 0 Å².